The molecule has 4 N–H and O–H groups in total. The van der Waals surface area contributed by atoms with Crippen molar-refractivity contribution in [1.29, 1.82) is 0 Å². The summed E-state index contributed by atoms with van der Waals surface area (Å²) in [5.74, 6) is -0.386. The fraction of sp³-hybridized carbons (Fsp3) is 0.500. The van der Waals surface area contributed by atoms with Crippen molar-refractivity contribution in [2.45, 2.75) is 25.3 Å². The second-order valence-corrected chi connectivity index (χ2v) is 4.56. The van der Waals surface area contributed by atoms with Gasteiger partial charge in [0.25, 0.3) is 0 Å². The lowest BCUT2D eigenvalue weighted by atomic mass is 9.99. The molecular weight excluding hydrogens is 244 g/mol. The van der Waals surface area contributed by atoms with E-state index in [-0.39, 0.29) is 24.5 Å². The van der Waals surface area contributed by atoms with Crippen LogP contribution in [0.2, 0.25) is 0 Å². The van der Waals surface area contributed by atoms with Crippen LogP contribution in [0.25, 0.3) is 0 Å². The van der Waals surface area contributed by atoms with E-state index in [0.717, 1.165) is 5.56 Å². The van der Waals surface area contributed by atoms with Gasteiger partial charge in [-0.25, -0.2) is 0 Å². The first-order chi connectivity index (χ1) is 9.08. The van der Waals surface area contributed by atoms with Crippen LogP contribution in [-0.4, -0.2) is 37.4 Å². The van der Waals surface area contributed by atoms with Crippen molar-refractivity contribution < 1.29 is 14.6 Å². The number of rotatable bonds is 7. The quantitative estimate of drug-likeness (QED) is 0.640. The van der Waals surface area contributed by atoms with Crippen LogP contribution in [0.15, 0.2) is 24.3 Å². The third-order valence-corrected chi connectivity index (χ3v) is 3.00. The normalized spacial score (nSPS) is 13.8. The summed E-state index contributed by atoms with van der Waals surface area (Å²) >= 11 is 0. The molecule has 106 valence electrons. The highest BCUT2D eigenvalue weighted by Gasteiger charge is 2.19. The predicted octanol–water partition coefficient (Wildman–Crippen LogP) is 0.886. The number of nitrogen functional groups attached to an aromatic ring is 1. The van der Waals surface area contributed by atoms with Gasteiger partial charge in [-0.05, 0) is 31.0 Å². The van der Waals surface area contributed by atoms with Gasteiger partial charge in [0.15, 0.2) is 0 Å². The summed E-state index contributed by atoms with van der Waals surface area (Å²) in [4.78, 5) is 12.1. The molecule has 2 atom stereocenters. The van der Waals surface area contributed by atoms with Crippen molar-refractivity contribution >= 4 is 11.6 Å². The Balaban J connectivity index is 2.65. The number of anilines is 1. The largest absolute Gasteiger partial charge is 0.399 e. The monoisotopic (exact) mass is 266 g/mol. The lowest BCUT2D eigenvalue weighted by molar-refractivity contribution is -0.123. The number of aliphatic hydroxyl groups excluding tert-OH is 1. The van der Waals surface area contributed by atoms with Crippen molar-refractivity contribution in [2.75, 3.05) is 26.1 Å². The molecule has 0 aliphatic carbocycles. The molecule has 5 nitrogen and oxygen atoms in total. The molecular formula is C14H22N2O3. The standard InChI is InChI=1S/C14H22N2O3/c1-10(11-4-3-5-12(15)8-11)14(18)16-13(6-7-17)9-19-2/h3-5,8,10,13,17H,6-7,9,15H2,1-2H3,(H,16,18). The Morgan fingerprint density at radius 1 is 1.53 bits per heavy atom. The summed E-state index contributed by atoms with van der Waals surface area (Å²) in [6, 6.07) is 7.10. The Morgan fingerprint density at radius 3 is 2.84 bits per heavy atom. The fourth-order valence-corrected chi connectivity index (χ4v) is 1.86. The third kappa shape index (κ3) is 4.89. The van der Waals surface area contributed by atoms with E-state index in [1.807, 2.05) is 19.1 Å². The number of carbonyl (C=O) groups excluding carboxylic acids is 1. The maximum atomic E-state index is 12.1. The van der Waals surface area contributed by atoms with Crippen molar-refractivity contribution in [3.8, 4) is 0 Å². The minimum atomic E-state index is -0.290. The van der Waals surface area contributed by atoms with Crippen LogP contribution in [0.3, 0.4) is 0 Å². The molecule has 5 heteroatoms. The van der Waals surface area contributed by atoms with Gasteiger partial charge in [0, 0.05) is 19.4 Å². The van der Waals surface area contributed by atoms with Gasteiger partial charge in [0.1, 0.15) is 0 Å². The van der Waals surface area contributed by atoms with Gasteiger partial charge >= 0.3 is 0 Å². The van der Waals surface area contributed by atoms with E-state index in [1.165, 1.54) is 0 Å². The minimum Gasteiger partial charge on any atom is -0.399 e. The molecule has 1 aromatic rings. The molecule has 0 aliphatic heterocycles. The summed E-state index contributed by atoms with van der Waals surface area (Å²) in [6.45, 7) is 2.23. The van der Waals surface area contributed by atoms with Gasteiger partial charge in [0.2, 0.25) is 5.91 Å². The first kappa shape index (κ1) is 15.5. The molecule has 0 heterocycles. The van der Waals surface area contributed by atoms with Crippen molar-refractivity contribution in [3.63, 3.8) is 0 Å². The topological polar surface area (TPSA) is 84.6 Å². The Labute approximate surface area is 113 Å². The Kier molecular flexibility index (Phi) is 6.32. The highest BCUT2D eigenvalue weighted by atomic mass is 16.5. The zero-order chi connectivity index (χ0) is 14.3. The lowest BCUT2D eigenvalue weighted by Crippen LogP contribution is -2.40. The van der Waals surface area contributed by atoms with Gasteiger partial charge in [-0.3, -0.25) is 4.79 Å². The van der Waals surface area contributed by atoms with Crippen molar-refractivity contribution in [2.24, 2.45) is 0 Å². The number of benzene rings is 1. The van der Waals surface area contributed by atoms with Gasteiger partial charge in [-0.2, -0.15) is 0 Å². The van der Waals surface area contributed by atoms with Crippen LogP contribution < -0.4 is 11.1 Å². The van der Waals surface area contributed by atoms with E-state index >= 15 is 0 Å². The van der Waals surface area contributed by atoms with Crippen molar-refractivity contribution in [1.82, 2.24) is 5.32 Å². The Hall–Kier alpha value is -1.59. The molecule has 0 spiro atoms. The molecule has 0 aromatic heterocycles. The second kappa shape index (κ2) is 7.76. The average Bonchev–Trinajstić information content (AvgIpc) is 2.38. The van der Waals surface area contributed by atoms with Gasteiger partial charge < -0.3 is 20.9 Å². The van der Waals surface area contributed by atoms with Gasteiger partial charge in [0.05, 0.1) is 18.6 Å². The third-order valence-electron chi connectivity index (χ3n) is 3.00. The van der Waals surface area contributed by atoms with E-state index in [4.69, 9.17) is 15.6 Å². The highest BCUT2D eigenvalue weighted by molar-refractivity contribution is 5.83. The number of methoxy groups -OCH3 is 1. The molecule has 0 bridgehead atoms. The number of carbonyl (C=O) groups is 1. The number of amides is 1. The average molecular weight is 266 g/mol. The summed E-state index contributed by atoms with van der Waals surface area (Å²) in [7, 11) is 1.57. The van der Waals surface area contributed by atoms with Gasteiger partial charge in [-0.1, -0.05) is 12.1 Å². The molecule has 19 heavy (non-hydrogen) atoms. The predicted molar refractivity (Wildman–Crippen MR) is 74.8 cm³/mol. The number of hydrogen-bond acceptors (Lipinski definition) is 4. The van der Waals surface area contributed by atoms with E-state index in [2.05, 4.69) is 5.32 Å². The molecule has 0 radical (unpaired) electrons. The Morgan fingerprint density at radius 2 is 2.26 bits per heavy atom. The molecule has 1 aromatic carbocycles. The maximum Gasteiger partial charge on any atom is 0.227 e. The first-order valence-electron chi connectivity index (χ1n) is 6.34. The van der Waals surface area contributed by atoms with E-state index in [9.17, 15) is 4.79 Å². The maximum absolute atomic E-state index is 12.1. The van der Waals surface area contributed by atoms with E-state index in [1.54, 1.807) is 19.2 Å². The molecule has 0 aliphatic rings. The second-order valence-electron chi connectivity index (χ2n) is 4.56. The number of ether oxygens (including phenoxy) is 1. The highest BCUT2D eigenvalue weighted by Crippen LogP contribution is 2.18. The summed E-state index contributed by atoms with van der Waals surface area (Å²) in [5.41, 5.74) is 7.22. The molecule has 1 amide bonds. The zero-order valence-corrected chi connectivity index (χ0v) is 11.4. The molecule has 0 fully saturated rings. The number of nitrogens with two attached hydrogens (primary N) is 1. The Bertz CT molecular complexity index is 403. The fourth-order valence-electron chi connectivity index (χ4n) is 1.86. The minimum absolute atomic E-state index is 0.0149. The molecule has 2 unspecified atom stereocenters. The lowest BCUT2D eigenvalue weighted by Gasteiger charge is -2.20. The summed E-state index contributed by atoms with van der Waals surface area (Å²) in [5, 5.41) is 11.8. The molecule has 0 saturated carbocycles. The smallest absolute Gasteiger partial charge is 0.227 e. The van der Waals surface area contributed by atoms with Crippen LogP contribution >= 0.6 is 0 Å². The van der Waals surface area contributed by atoms with Gasteiger partial charge in [-0.15, -0.1) is 0 Å². The van der Waals surface area contributed by atoms with Crippen LogP contribution in [0, 0.1) is 0 Å². The van der Waals surface area contributed by atoms with Crippen LogP contribution in [0.4, 0.5) is 5.69 Å². The van der Waals surface area contributed by atoms with E-state index in [0.29, 0.717) is 18.7 Å². The summed E-state index contributed by atoms with van der Waals surface area (Å²) < 4.78 is 5.02. The SMILES string of the molecule is COCC(CCO)NC(=O)C(C)c1cccc(N)c1. The number of aliphatic hydroxyl groups is 1. The first-order valence-corrected chi connectivity index (χ1v) is 6.34. The summed E-state index contributed by atoms with van der Waals surface area (Å²) in [6.07, 6.45) is 0.475. The van der Waals surface area contributed by atoms with Crippen molar-refractivity contribution in [3.05, 3.63) is 29.8 Å². The van der Waals surface area contributed by atoms with Crippen LogP contribution in [-0.2, 0) is 9.53 Å². The van der Waals surface area contributed by atoms with Crippen LogP contribution in [0.1, 0.15) is 24.8 Å². The number of hydrogen-bond donors (Lipinski definition) is 3. The molecule has 1 rings (SSSR count). The van der Waals surface area contributed by atoms with Crippen LogP contribution in [0.5, 0.6) is 0 Å². The number of nitrogens with one attached hydrogen (secondary N) is 1. The zero-order valence-electron chi connectivity index (χ0n) is 11.4. The van der Waals surface area contributed by atoms with E-state index < -0.39 is 0 Å². The molecule has 0 saturated heterocycles.